The van der Waals surface area contributed by atoms with E-state index in [1.807, 2.05) is 60.8 Å². The zero-order valence-corrected chi connectivity index (χ0v) is 53.4. The number of carbonyl (C=O) groups excluding carboxylic acids is 4. The molecule has 480 valence electrons. The van der Waals surface area contributed by atoms with Gasteiger partial charge in [0.25, 0.3) is 0 Å². The number of likely N-dealkylation sites (N-methyl/N-ethyl adjacent to an activating group) is 3. The number of aldehydes is 1. The molecule has 23 nitrogen and oxygen atoms in total. The summed E-state index contributed by atoms with van der Waals surface area (Å²) in [5.74, 6) is 7.36. The van der Waals surface area contributed by atoms with Crippen molar-refractivity contribution < 1.29 is 52.3 Å². The van der Waals surface area contributed by atoms with Gasteiger partial charge in [-0.15, -0.1) is 22.7 Å². The van der Waals surface area contributed by atoms with Crippen molar-refractivity contribution in [2.45, 2.75) is 76.9 Å². The third-order valence-corrected chi connectivity index (χ3v) is 16.0. The number of thiazole rings is 2. The Morgan fingerprint density at radius 2 is 1.41 bits per heavy atom. The van der Waals surface area contributed by atoms with E-state index in [0.717, 1.165) is 59.9 Å². The number of nitrogens with one attached hydrogen (secondary N) is 3. The lowest BCUT2D eigenvalue weighted by atomic mass is 10.00. The van der Waals surface area contributed by atoms with Crippen LogP contribution in [0.15, 0.2) is 93.7 Å². The van der Waals surface area contributed by atoms with Crippen molar-refractivity contribution in [1.82, 2.24) is 34.9 Å². The van der Waals surface area contributed by atoms with E-state index in [1.165, 1.54) is 48.9 Å². The van der Waals surface area contributed by atoms with E-state index in [2.05, 4.69) is 66.9 Å². The molecular formula is C63H90N12O11S2. The molecule has 0 spiro atoms. The van der Waals surface area contributed by atoms with E-state index >= 15 is 0 Å². The Hall–Kier alpha value is -6.94. The number of aromatic nitrogens is 2. The second kappa shape index (κ2) is 40.6. The van der Waals surface area contributed by atoms with Gasteiger partial charge in [-0.1, -0.05) is 24.3 Å². The van der Waals surface area contributed by atoms with Crippen LogP contribution in [0.4, 0.5) is 15.6 Å². The normalized spacial score (nSPS) is 14.5. The number of urea groups is 1. The number of amides is 4. The number of aliphatic imine (C=N–C) groups is 1. The van der Waals surface area contributed by atoms with Crippen LogP contribution in [0, 0.1) is 6.92 Å². The molecule has 0 aliphatic carbocycles. The molecule has 1 unspecified atom stereocenters. The molecule has 88 heavy (non-hydrogen) atoms. The lowest BCUT2D eigenvalue weighted by Gasteiger charge is -2.39. The number of rotatable bonds is 37. The predicted octanol–water partition coefficient (Wildman–Crippen LogP) is 7.16. The maximum absolute atomic E-state index is 14.3. The molecule has 1 atom stereocenters. The predicted molar refractivity (Wildman–Crippen MR) is 346 cm³/mol. The van der Waals surface area contributed by atoms with Gasteiger partial charge in [0.2, 0.25) is 11.8 Å². The Balaban J connectivity index is 0.00000142. The highest BCUT2D eigenvalue weighted by molar-refractivity contribution is 7.14. The van der Waals surface area contributed by atoms with E-state index in [9.17, 15) is 19.2 Å². The molecule has 0 saturated carbocycles. The average Bonchev–Trinajstić information content (AvgIpc) is 3.07. The van der Waals surface area contributed by atoms with Gasteiger partial charge in [-0.2, -0.15) is 5.10 Å². The molecule has 5 N–H and O–H groups in total. The van der Waals surface area contributed by atoms with Gasteiger partial charge in [-0.05, 0) is 126 Å². The molecule has 0 radical (unpaired) electrons. The Morgan fingerprint density at radius 3 is 2.08 bits per heavy atom. The van der Waals surface area contributed by atoms with Crippen molar-refractivity contribution in [3.05, 3.63) is 111 Å². The van der Waals surface area contributed by atoms with Crippen LogP contribution < -0.4 is 36.0 Å². The number of piperazine rings is 1. The Kier molecular flexibility index (Phi) is 32.3. The van der Waals surface area contributed by atoms with Crippen LogP contribution in [0.5, 0.6) is 17.2 Å². The molecule has 7 rings (SSSR count). The summed E-state index contributed by atoms with van der Waals surface area (Å²) in [4.78, 5) is 73.2. The zero-order chi connectivity index (χ0) is 62.6. The highest BCUT2D eigenvalue weighted by atomic mass is 32.1. The van der Waals surface area contributed by atoms with E-state index in [1.54, 1.807) is 47.9 Å². The zero-order valence-electron chi connectivity index (χ0n) is 51.7. The summed E-state index contributed by atoms with van der Waals surface area (Å²) in [5.41, 5.74) is 4.32. The number of anilines is 2. The molecular weight excluding hydrogens is 1160 g/mol. The van der Waals surface area contributed by atoms with Gasteiger partial charge in [-0.25, -0.2) is 14.8 Å². The summed E-state index contributed by atoms with van der Waals surface area (Å²) >= 11 is 2.72. The molecule has 3 aromatic carbocycles. The summed E-state index contributed by atoms with van der Waals surface area (Å²) in [7, 11) is 8.04. The van der Waals surface area contributed by atoms with Gasteiger partial charge in [0.05, 0.1) is 82.0 Å². The quantitative estimate of drug-likeness (QED) is 0.0101. The molecule has 5 aromatic rings. The fraction of sp³-hybridized carbons (Fsp3) is 0.524. The minimum atomic E-state index is -0.864. The molecule has 2 aliphatic heterocycles. The Morgan fingerprint density at radius 1 is 0.761 bits per heavy atom. The molecule has 4 amide bonds. The van der Waals surface area contributed by atoms with Crippen LogP contribution in [-0.2, 0) is 52.7 Å². The van der Waals surface area contributed by atoms with Crippen LogP contribution in [0.1, 0.15) is 72.1 Å². The van der Waals surface area contributed by atoms with Crippen molar-refractivity contribution in [2.75, 3.05) is 151 Å². The maximum Gasteiger partial charge on any atom is 0.325 e. The number of ether oxygens (including phenoxy) is 7. The molecule has 25 heteroatoms. The highest BCUT2D eigenvalue weighted by Crippen LogP contribution is 2.31. The largest absolute Gasteiger partial charge is 0.497 e. The molecule has 2 fully saturated rings. The van der Waals surface area contributed by atoms with Crippen molar-refractivity contribution in [2.24, 2.45) is 15.9 Å². The van der Waals surface area contributed by atoms with Crippen LogP contribution in [0.25, 0.3) is 0 Å². The van der Waals surface area contributed by atoms with E-state index in [-0.39, 0.29) is 30.7 Å². The third-order valence-electron chi connectivity index (χ3n) is 14.4. The minimum absolute atomic E-state index is 0.0925. The lowest BCUT2D eigenvalue weighted by Crippen LogP contribution is -2.50. The lowest BCUT2D eigenvalue weighted by molar-refractivity contribution is -0.146. The second-order valence-corrected chi connectivity index (χ2v) is 23.1. The monoisotopic (exact) mass is 1250 g/mol. The first kappa shape index (κ1) is 70.2. The first-order valence-electron chi connectivity index (χ1n) is 30.1. The number of unbranched alkanes of at least 4 members (excludes halogenated alkanes) is 1. The Labute approximate surface area is 526 Å². The SMILES string of the molecule is CN1CCN(C)CC1.COc1ccc(CNC(=O)C(c2csc(C)n2)N(C(=O)CCc2ccc(OCCCCN(C)CCOCCOCC/C(C=NCCOCCOc3ccc(NC(=O)Nc4nc(CC=O)cs4)cc3)=N/N)cc2)C2CCOCC2)cc1. The average molecular weight is 1260 g/mol. The summed E-state index contributed by atoms with van der Waals surface area (Å²) < 4.78 is 39.8. The van der Waals surface area contributed by atoms with Crippen molar-refractivity contribution in [3.63, 3.8) is 0 Å². The van der Waals surface area contributed by atoms with Gasteiger partial charge in [0, 0.05) is 100 Å². The topological polar surface area (TPSA) is 258 Å². The van der Waals surface area contributed by atoms with Crippen LogP contribution in [0.2, 0.25) is 0 Å². The fourth-order valence-electron chi connectivity index (χ4n) is 9.21. The minimum Gasteiger partial charge on any atom is -0.497 e. The molecule has 0 bridgehead atoms. The third kappa shape index (κ3) is 26.8. The van der Waals surface area contributed by atoms with Crippen LogP contribution >= 0.6 is 22.7 Å². The number of hydrogen-bond acceptors (Lipinski definition) is 21. The standard InChI is InChI=1S/C57H76N10O11S2.C6H14N2/c1-42-61-52(41-79-42)54(55(70)60-38-44-8-13-49(72-3)14-9-44)67(48-22-30-73-31-23-48)53(69)19-10-43-6-15-50(16-7-43)77-28-5-4-25-66(2)26-33-76-35-34-74-29-21-46(65-58)39-59-24-32-75-36-37-78-51-17-11-45(12-18-51)62-56(71)64-57-63-47(20-27-68)40-80-57;1-7-3-5-8(2)6-4-7/h6-9,11-18,27,39-41,48,54H,4-5,10,19-26,28-38,58H2,1-3H3,(H,60,70)(H2,62,63,64,71);3-6H2,1-2H3/b59-39?,65-46-;. The molecule has 4 heterocycles. The van der Waals surface area contributed by atoms with Gasteiger partial charge in [-0.3, -0.25) is 19.9 Å². The van der Waals surface area contributed by atoms with Crippen molar-refractivity contribution in [1.29, 1.82) is 0 Å². The van der Waals surface area contributed by atoms with Gasteiger partial charge < -0.3 is 74.0 Å². The van der Waals surface area contributed by atoms with Crippen molar-refractivity contribution >= 4 is 69.6 Å². The number of nitrogens with two attached hydrogens (primary N) is 1. The summed E-state index contributed by atoms with van der Waals surface area (Å²) in [6.45, 7) is 14.0. The van der Waals surface area contributed by atoms with Crippen LogP contribution in [0.3, 0.4) is 0 Å². The first-order valence-corrected chi connectivity index (χ1v) is 31.8. The first-order chi connectivity index (χ1) is 42.9. The van der Waals surface area contributed by atoms with Crippen molar-refractivity contribution in [3.8, 4) is 17.2 Å². The van der Waals surface area contributed by atoms with Gasteiger partial charge in [0.15, 0.2) is 11.2 Å². The number of hydrazone groups is 1. The van der Waals surface area contributed by atoms with Gasteiger partial charge >= 0.3 is 6.03 Å². The molecule has 2 saturated heterocycles. The van der Waals surface area contributed by atoms with E-state index < -0.39 is 12.1 Å². The van der Waals surface area contributed by atoms with E-state index in [0.29, 0.717) is 139 Å². The number of carbonyl (C=O) groups is 4. The number of methoxy groups -OCH3 is 1. The van der Waals surface area contributed by atoms with E-state index in [4.69, 9.17) is 44.0 Å². The fourth-order valence-corrected chi connectivity index (χ4v) is 10.6. The van der Waals surface area contributed by atoms with Gasteiger partial charge in [0.1, 0.15) is 30.1 Å². The number of aryl methyl sites for hydroxylation is 2. The number of nitrogens with zero attached hydrogens (tertiary/aromatic N) is 8. The maximum atomic E-state index is 14.3. The second-order valence-electron chi connectivity index (χ2n) is 21.2. The smallest absolute Gasteiger partial charge is 0.325 e. The highest BCUT2D eigenvalue weighted by Gasteiger charge is 2.38. The number of benzene rings is 3. The summed E-state index contributed by atoms with van der Waals surface area (Å²) in [6, 6.07) is 20.9. The number of hydrogen-bond donors (Lipinski definition) is 4. The van der Waals surface area contributed by atoms with Crippen LogP contribution in [-0.4, -0.2) is 212 Å². The Bertz CT molecular complexity index is 2840. The summed E-state index contributed by atoms with van der Waals surface area (Å²) in [6.07, 6.45) is 7.05. The molecule has 2 aromatic heterocycles. The summed E-state index contributed by atoms with van der Waals surface area (Å²) in [5, 5.41) is 17.1. The molecule has 2 aliphatic rings.